The van der Waals surface area contributed by atoms with Crippen molar-refractivity contribution in [3.05, 3.63) is 100 Å². The highest BCUT2D eigenvalue weighted by Crippen LogP contribution is 2.28. The first-order valence-corrected chi connectivity index (χ1v) is 11.2. The molecule has 170 valence electrons. The molecule has 2 aromatic heterocycles. The van der Waals surface area contributed by atoms with Crippen molar-refractivity contribution in [3.63, 3.8) is 0 Å². The smallest absolute Gasteiger partial charge is 0.292 e. The molecule has 4 aromatic rings. The molecule has 7 heteroatoms. The maximum atomic E-state index is 12.6. The van der Waals surface area contributed by atoms with E-state index in [-0.39, 0.29) is 18.3 Å². The van der Waals surface area contributed by atoms with Crippen molar-refractivity contribution in [1.29, 1.82) is 0 Å². The number of hydrogen-bond donors (Lipinski definition) is 1. The fraction of sp³-hybridized carbons (Fsp3) is 0.231. The minimum atomic E-state index is -0.368. The number of halogens is 1. The van der Waals surface area contributed by atoms with Crippen LogP contribution in [-0.4, -0.2) is 15.7 Å². The molecule has 0 spiro atoms. The van der Waals surface area contributed by atoms with Gasteiger partial charge in [0, 0.05) is 17.3 Å². The molecule has 6 nitrogen and oxygen atoms in total. The zero-order valence-electron chi connectivity index (χ0n) is 18.8. The summed E-state index contributed by atoms with van der Waals surface area (Å²) in [4.78, 5) is 12.6. The highest BCUT2D eigenvalue weighted by Gasteiger charge is 2.14. The van der Waals surface area contributed by atoms with E-state index in [0.29, 0.717) is 29.1 Å². The summed E-state index contributed by atoms with van der Waals surface area (Å²) in [5.41, 5.74) is 3.29. The summed E-state index contributed by atoms with van der Waals surface area (Å²) in [6.07, 6.45) is 1.80. The van der Waals surface area contributed by atoms with E-state index in [9.17, 15) is 4.79 Å². The van der Waals surface area contributed by atoms with E-state index >= 15 is 0 Å². The van der Waals surface area contributed by atoms with Crippen molar-refractivity contribution < 1.29 is 13.9 Å². The number of aryl methyl sites for hydroxylation is 1. The zero-order chi connectivity index (χ0) is 23.4. The van der Waals surface area contributed by atoms with Crippen molar-refractivity contribution in [2.24, 2.45) is 0 Å². The minimum Gasteiger partial charge on any atom is -0.485 e. The first kappa shape index (κ1) is 22.7. The second-order valence-electron chi connectivity index (χ2n) is 8.23. The molecular formula is C26H26ClN3O3. The maximum Gasteiger partial charge on any atom is 0.292 e. The van der Waals surface area contributed by atoms with Crippen molar-refractivity contribution >= 4 is 23.3 Å². The van der Waals surface area contributed by atoms with Crippen LogP contribution in [-0.2, 0) is 13.2 Å². The van der Waals surface area contributed by atoms with Crippen LogP contribution in [0.15, 0.2) is 71.3 Å². The third kappa shape index (κ3) is 5.84. The van der Waals surface area contributed by atoms with E-state index in [1.54, 1.807) is 29.1 Å². The Morgan fingerprint density at radius 3 is 2.79 bits per heavy atom. The van der Waals surface area contributed by atoms with Crippen molar-refractivity contribution in [1.82, 2.24) is 9.78 Å². The number of benzene rings is 2. The zero-order valence-corrected chi connectivity index (χ0v) is 19.6. The molecule has 2 heterocycles. The minimum absolute atomic E-state index is 0.200. The molecule has 0 atom stereocenters. The third-order valence-corrected chi connectivity index (χ3v) is 5.40. The Labute approximate surface area is 198 Å². The number of anilines is 1. The molecule has 0 saturated carbocycles. The number of rotatable bonds is 8. The van der Waals surface area contributed by atoms with Gasteiger partial charge in [0.05, 0.1) is 6.54 Å². The average molecular weight is 464 g/mol. The van der Waals surface area contributed by atoms with Crippen LogP contribution in [0.4, 0.5) is 5.82 Å². The van der Waals surface area contributed by atoms with Gasteiger partial charge in [-0.1, -0.05) is 49.7 Å². The summed E-state index contributed by atoms with van der Waals surface area (Å²) in [6, 6.07) is 18.9. The summed E-state index contributed by atoms with van der Waals surface area (Å²) in [5.74, 6) is 2.02. The Balaban J connectivity index is 1.36. The van der Waals surface area contributed by atoms with E-state index in [1.165, 1.54) is 0 Å². The van der Waals surface area contributed by atoms with E-state index in [0.717, 1.165) is 22.4 Å². The number of furan rings is 1. The molecule has 0 aliphatic rings. The second kappa shape index (κ2) is 9.96. The molecule has 0 bridgehead atoms. The lowest BCUT2D eigenvalue weighted by Crippen LogP contribution is -2.12. The van der Waals surface area contributed by atoms with Crippen LogP contribution in [0.3, 0.4) is 0 Å². The van der Waals surface area contributed by atoms with Crippen molar-refractivity contribution in [3.8, 4) is 5.75 Å². The molecule has 1 N–H and O–H groups in total. The normalized spacial score (nSPS) is 11.1. The van der Waals surface area contributed by atoms with Gasteiger partial charge in [-0.25, -0.2) is 0 Å². The first-order chi connectivity index (χ1) is 15.9. The van der Waals surface area contributed by atoms with Crippen molar-refractivity contribution in [2.45, 2.75) is 39.8 Å². The van der Waals surface area contributed by atoms with Crippen LogP contribution < -0.4 is 10.1 Å². The predicted molar refractivity (Wildman–Crippen MR) is 129 cm³/mol. The summed E-state index contributed by atoms with van der Waals surface area (Å²) >= 11 is 6.03. The number of ether oxygens (including phenoxy) is 1. The molecule has 2 aromatic carbocycles. The summed E-state index contributed by atoms with van der Waals surface area (Å²) in [6.45, 7) is 7.08. The van der Waals surface area contributed by atoms with Crippen LogP contribution in [0.1, 0.15) is 52.8 Å². The third-order valence-electron chi connectivity index (χ3n) is 5.16. The topological polar surface area (TPSA) is 69.3 Å². The Morgan fingerprint density at radius 2 is 2.00 bits per heavy atom. The van der Waals surface area contributed by atoms with Crippen LogP contribution in [0.25, 0.3) is 0 Å². The number of aromatic nitrogens is 2. The second-order valence-corrected chi connectivity index (χ2v) is 8.67. The van der Waals surface area contributed by atoms with Gasteiger partial charge in [-0.05, 0) is 59.9 Å². The molecule has 0 saturated heterocycles. The van der Waals surface area contributed by atoms with Gasteiger partial charge in [-0.15, -0.1) is 0 Å². The fourth-order valence-electron chi connectivity index (χ4n) is 3.49. The molecule has 0 aliphatic carbocycles. The van der Waals surface area contributed by atoms with Gasteiger partial charge < -0.3 is 14.5 Å². The van der Waals surface area contributed by atoms with E-state index < -0.39 is 0 Å². The predicted octanol–water partition coefficient (Wildman–Crippen LogP) is 6.44. The van der Waals surface area contributed by atoms with E-state index in [2.05, 4.69) is 36.4 Å². The van der Waals surface area contributed by atoms with E-state index in [1.807, 2.05) is 37.3 Å². The molecule has 33 heavy (non-hydrogen) atoms. The molecule has 0 radical (unpaired) electrons. The SMILES string of the molecule is Cc1ccc(C(C)C)c(OCc2ccc(C(=O)Nc3ccn(Cc4cccc(Cl)c4)n3)o2)c1. The monoisotopic (exact) mass is 463 g/mol. The van der Waals surface area contributed by atoms with Crippen molar-refractivity contribution in [2.75, 3.05) is 5.32 Å². The first-order valence-electron chi connectivity index (χ1n) is 10.8. The molecular weight excluding hydrogens is 438 g/mol. The van der Waals surface area contributed by atoms with Gasteiger partial charge in [0.1, 0.15) is 18.1 Å². The lowest BCUT2D eigenvalue weighted by atomic mass is 10.0. The fourth-order valence-corrected chi connectivity index (χ4v) is 3.70. The number of carbonyl (C=O) groups excluding carboxylic acids is 1. The summed E-state index contributed by atoms with van der Waals surface area (Å²) < 4.78 is 13.4. The number of nitrogens with one attached hydrogen (secondary N) is 1. The average Bonchev–Trinajstić information content (AvgIpc) is 3.42. The van der Waals surface area contributed by atoms with Gasteiger partial charge in [0.25, 0.3) is 5.91 Å². The van der Waals surface area contributed by atoms with E-state index in [4.69, 9.17) is 20.8 Å². The van der Waals surface area contributed by atoms with Gasteiger partial charge in [-0.3, -0.25) is 9.48 Å². The molecule has 1 amide bonds. The molecule has 0 fully saturated rings. The Kier molecular flexibility index (Phi) is 6.84. The number of carbonyl (C=O) groups is 1. The molecule has 0 aliphatic heterocycles. The Bertz CT molecular complexity index is 1260. The largest absolute Gasteiger partial charge is 0.485 e. The van der Waals surface area contributed by atoms with Gasteiger partial charge in [-0.2, -0.15) is 5.10 Å². The number of amides is 1. The van der Waals surface area contributed by atoms with Crippen LogP contribution in [0.5, 0.6) is 5.75 Å². The van der Waals surface area contributed by atoms with Gasteiger partial charge >= 0.3 is 0 Å². The van der Waals surface area contributed by atoms with Gasteiger partial charge in [0.15, 0.2) is 11.6 Å². The lowest BCUT2D eigenvalue weighted by molar-refractivity contribution is 0.0992. The van der Waals surface area contributed by atoms with Crippen LogP contribution in [0.2, 0.25) is 5.02 Å². The molecule has 0 unspecified atom stereocenters. The van der Waals surface area contributed by atoms with Crippen LogP contribution >= 0.6 is 11.6 Å². The van der Waals surface area contributed by atoms with Crippen LogP contribution in [0, 0.1) is 6.92 Å². The highest BCUT2D eigenvalue weighted by atomic mass is 35.5. The highest BCUT2D eigenvalue weighted by molar-refractivity contribution is 6.30. The number of hydrogen-bond acceptors (Lipinski definition) is 4. The lowest BCUT2D eigenvalue weighted by Gasteiger charge is -2.14. The maximum absolute atomic E-state index is 12.6. The Morgan fingerprint density at radius 1 is 1.15 bits per heavy atom. The quantitative estimate of drug-likeness (QED) is 0.326. The number of nitrogens with zero attached hydrogens (tertiary/aromatic N) is 2. The Hall–Kier alpha value is -3.51. The summed E-state index contributed by atoms with van der Waals surface area (Å²) in [7, 11) is 0. The standard InChI is InChI=1S/C26H26ClN3O3/c1-17(2)22-9-7-18(3)13-24(22)32-16-21-8-10-23(33-21)26(31)28-25-11-12-30(29-25)15-19-5-4-6-20(27)14-19/h4-14,17H,15-16H2,1-3H3,(H,28,29,31). The summed E-state index contributed by atoms with van der Waals surface area (Å²) in [5, 5.41) is 7.83. The molecule has 4 rings (SSSR count). The van der Waals surface area contributed by atoms with Gasteiger partial charge in [0.2, 0.25) is 0 Å².